The number of rotatable bonds is 3. The summed E-state index contributed by atoms with van der Waals surface area (Å²) in [6.07, 6.45) is 3.78. The third kappa shape index (κ3) is 4.12. The predicted octanol–water partition coefficient (Wildman–Crippen LogP) is 2.54. The van der Waals surface area contributed by atoms with Crippen LogP contribution in [0.15, 0.2) is 6.20 Å². The third-order valence-corrected chi connectivity index (χ3v) is 3.55. The van der Waals surface area contributed by atoms with Crippen molar-refractivity contribution in [3.63, 3.8) is 0 Å². The van der Waals surface area contributed by atoms with Crippen molar-refractivity contribution in [1.82, 2.24) is 14.7 Å². The number of likely N-dealkylation sites (tertiary alicyclic amines) is 1. The highest BCUT2D eigenvalue weighted by Crippen LogP contribution is 2.22. The highest BCUT2D eigenvalue weighted by atomic mass is 16.6. The number of carbonyl (C=O) groups is 1. The second-order valence-corrected chi connectivity index (χ2v) is 6.65. The maximum atomic E-state index is 12.2. The molecule has 1 atom stereocenters. The first-order chi connectivity index (χ1) is 9.76. The van der Waals surface area contributed by atoms with E-state index >= 15 is 0 Å². The summed E-state index contributed by atoms with van der Waals surface area (Å²) in [5, 5.41) is 7.70. The molecule has 0 aliphatic carbocycles. The van der Waals surface area contributed by atoms with Gasteiger partial charge >= 0.3 is 6.09 Å². The van der Waals surface area contributed by atoms with Crippen LogP contribution in [0.3, 0.4) is 0 Å². The highest BCUT2D eigenvalue weighted by molar-refractivity contribution is 5.69. The first-order valence-corrected chi connectivity index (χ1v) is 7.50. The van der Waals surface area contributed by atoms with Gasteiger partial charge in [0, 0.05) is 26.3 Å². The standard InChI is InChI=1S/C15H26N4O2/c1-11-13(10-18(5)17-11)16-9-12-7-6-8-19(12)14(20)21-15(2,3)4/h10,12,16H,6-9H2,1-5H3. The largest absolute Gasteiger partial charge is 0.444 e. The van der Waals surface area contributed by atoms with E-state index in [1.807, 2.05) is 45.8 Å². The van der Waals surface area contributed by atoms with E-state index in [-0.39, 0.29) is 12.1 Å². The second kappa shape index (κ2) is 5.95. The molecule has 1 fully saturated rings. The molecule has 118 valence electrons. The molecule has 2 heterocycles. The number of aromatic nitrogens is 2. The number of ether oxygens (including phenoxy) is 1. The Bertz CT molecular complexity index is 504. The lowest BCUT2D eigenvalue weighted by atomic mass is 10.2. The number of amides is 1. The molecule has 1 aromatic heterocycles. The molecule has 0 radical (unpaired) electrons. The fraction of sp³-hybridized carbons (Fsp3) is 0.733. The van der Waals surface area contributed by atoms with Crippen molar-refractivity contribution in [2.75, 3.05) is 18.4 Å². The van der Waals surface area contributed by atoms with Gasteiger partial charge in [-0.3, -0.25) is 4.68 Å². The minimum Gasteiger partial charge on any atom is -0.444 e. The average molecular weight is 294 g/mol. The lowest BCUT2D eigenvalue weighted by molar-refractivity contribution is 0.0235. The molecule has 1 unspecified atom stereocenters. The molecule has 0 spiro atoms. The van der Waals surface area contributed by atoms with Crippen molar-refractivity contribution in [3.05, 3.63) is 11.9 Å². The number of nitrogens with one attached hydrogen (secondary N) is 1. The van der Waals surface area contributed by atoms with Gasteiger partial charge in [-0.15, -0.1) is 0 Å². The van der Waals surface area contributed by atoms with Crippen LogP contribution in [0.4, 0.5) is 10.5 Å². The smallest absolute Gasteiger partial charge is 0.410 e. The van der Waals surface area contributed by atoms with Crippen LogP contribution in [0.25, 0.3) is 0 Å². The molecular weight excluding hydrogens is 268 g/mol. The molecular formula is C15H26N4O2. The fourth-order valence-corrected chi connectivity index (χ4v) is 2.61. The number of aryl methyl sites for hydroxylation is 2. The summed E-state index contributed by atoms with van der Waals surface area (Å²) in [4.78, 5) is 14.1. The molecule has 0 aromatic carbocycles. The zero-order valence-corrected chi connectivity index (χ0v) is 13.6. The molecule has 1 saturated heterocycles. The molecule has 1 N–H and O–H groups in total. The summed E-state index contributed by atoms with van der Waals surface area (Å²) in [6, 6.07) is 0.180. The van der Waals surface area contributed by atoms with E-state index in [0.29, 0.717) is 0 Å². The lowest BCUT2D eigenvalue weighted by Crippen LogP contribution is -2.42. The normalized spacial score (nSPS) is 18.9. The van der Waals surface area contributed by atoms with Gasteiger partial charge in [-0.1, -0.05) is 0 Å². The van der Waals surface area contributed by atoms with Crippen LogP contribution in [0.5, 0.6) is 0 Å². The Kier molecular flexibility index (Phi) is 4.44. The summed E-state index contributed by atoms with van der Waals surface area (Å²) in [5.41, 5.74) is 1.55. The summed E-state index contributed by atoms with van der Waals surface area (Å²) in [5.74, 6) is 0. The highest BCUT2D eigenvalue weighted by Gasteiger charge is 2.32. The van der Waals surface area contributed by atoms with Crippen LogP contribution < -0.4 is 5.32 Å². The Morgan fingerprint density at radius 3 is 2.81 bits per heavy atom. The Labute approximate surface area is 126 Å². The molecule has 1 amide bonds. The average Bonchev–Trinajstić information content (AvgIpc) is 2.91. The Balaban J connectivity index is 1.93. The van der Waals surface area contributed by atoms with Crippen molar-refractivity contribution in [2.24, 2.45) is 7.05 Å². The Morgan fingerprint density at radius 2 is 2.24 bits per heavy atom. The van der Waals surface area contributed by atoms with Gasteiger partial charge in [-0.05, 0) is 40.5 Å². The summed E-state index contributed by atoms with van der Waals surface area (Å²) >= 11 is 0. The van der Waals surface area contributed by atoms with E-state index in [9.17, 15) is 4.79 Å². The molecule has 6 nitrogen and oxygen atoms in total. The van der Waals surface area contributed by atoms with Gasteiger partial charge < -0.3 is 15.0 Å². The number of hydrogen-bond acceptors (Lipinski definition) is 4. The van der Waals surface area contributed by atoms with Crippen LogP contribution in [0.1, 0.15) is 39.3 Å². The molecule has 2 rings (SSSR count). The second-order valence-electron chi connectivity index (χ2n) is 6.65. The van der Waals surface area contributed by atoms with Crippen LogP contribution in [-0.2, 0) is 11.8 Å². The fourth-order valence-electron chi connectivity index (χ4n) is 2.61. The lowest BCUT2D eigenvalue weighted by Gasteiger charge is -2.28. The van der Waals surface area contributed by atoms with Gasteiger partial charge in [0.25, 0.3) is 0 Å². The van der Waals surface area contributed by atoms with Gasteiger partial charge in [0.1, 0.15) is 5.60 Å². The molecule has 0 saturated carbocycles. The van der Waals surface area contributed by atoms with Crippen molar-refractivity contribution < 1.29 is 9.53 Å². The van der Waals surface area contributed by atoms with E-state index in [1.165, 1.54) is 0 Å². The zero-order valence-electron chi connectivity index (χ0n) is 13.6. The molecule has 1 aromatic rings. The number of nitrogens with zero attached hydrogens (tertiary/aromatic N) is 3. The molecule has 1 aliphatic heterocycles. The van der Waals surface area contributed by atoms with E-state index in [2.05, 4.69) is 10.4 Å². The predicted molar refractivity (Wildman–Crippen MR) is 82.4 cm³/mol. The topological polar surface area (TPSA) is 59.4 Å². The number of anilines is 1. The molecule has 6 heteroatoms. The Hall–Kier alpha value is -1.72. The molecule has 21 heavy (non-hydrogen) atoms. The number of hydrogen-bond donors (Lipinski definition) is 1. The maximum Gasteiger partial charge on any atom is 0.410 e. The minimum atomic E-state index is -0.447. The van der Waals surface area contributed by atoms with E-state index in [4.69, 9.17) is 4.74 Å². The first-order valence-electron chi connectivity index (χ1n) is 7.50. The minimum absolute atomic E-state index is 0.180. The van der Waals surface area contributed by atoms with Crippen molar-refractivity contribution >= 4 is 11.8 Å². The monoisotopic (exact) mass is 294 g/mol. The SMILES string of the molecule is Cc1nn(C)cc1NCC1CCCN1C(=O)OC(C)(C)C. The van der Waals surface area contributed by atoms with Gasteiger partial charge in [-0.2, -0.15) is 5.10 Å². The van der Waals surface area contributed by atoms with E-state index < -0.39 is 5.60 Å². The summed E-state index contributed by atoms with van der Waals surface area (Å²) < 4.78 is 7.26. The van der Waals surface area contributed by atoms with Crippen LogP contribution in [0, 0.1) is 6.92 Å². The van der Waals surface area contributed by atoms with Gasteiger partial charge in [0.2, 0.25) is 0 Å². The van der Waals surface area contributed by atoms with Crippen LogP contribution in [0.2, 0.25) is 0 Å². The van der Waals surface area contributed by atoms with Crippen LogP contribution >= 0.6 is 0 Å². The third-order valence-electron chi connectivity index (χ3n) is 3.55. The molecule has 0 bridgehead atoms. The zero-order chi connectivity index (χ0) is 15.6. The van der Waals surface area contributed by atoms with Crippen molar-refractivity contribution in [2.45, 2.75) is 52.2 Å². The number of carbonyl (C=O) groups excluding carboxylic acids is 1. The summed E-state index contributed by atoms with van der Waals surface area (Å²) in [6.45, 7) is 9.16. The van der Waals surface area contributed by atoms with Gasteiger partial charge in [-0.25, -0.2) is 4.79 Å². The van der Waals surface area contributed by atoms with Gasteiger partial charge in [0.15, 0.2) is 0 Å². The van der Waals surface area contributed by atoms with Crippen molar-refractivity contribution in [3.8, 4) is 0 Å². The van der Waals surface area contributed by atoms with Gasteiger partial charge in [0.05, 0.1) is 17.4 Å². The summed E-state index contributed by atoms with van der Waals surface area (Å²) in [7, 11) is 1.90. The van der Waals surface area contributed by atoms with E-state index in [0.717, 1.165) is 37.3 Å². The van der Waals surface area contributed by atoms with Crippen molar-refractivity contribution in [1.29, 1.82) is 0 Å². The molecule has 1 aliphatic rings. The first kappa shape index (κ1) is 15.7. The Morgan fingerprint density at radius 1 is 1.52 bits per heavy atom. The maximum absolute atomic E-state index is 12.2. The van der Waals surface area contributed by atoms with E-state index in [1.54, 1.807) is 4.68 Å². The van der Waals surface area contributed by atoms with Crippen LogP contribution in [-0.4, -0.2) is 45.5 Å². The quantitative estimate of drug-likeness (QED) is 0.930.